The highest BCUT2D eigenvalue weighted by Gasteiger charge is 2.08. The summed E-state index contributed by atoms with van der Waals surface area (Å²) in [5, 5.41) is 6.10. The number of nitrogens with one attached hydrogen (secondary N) is 2. The van der Waals surface area contributed by atoms with Gasteiger partial charge in [-0.25, -0.2) is 4.98 Å². The number of benzene rings is 2. The number of pyridine rings is 1. The third-order valence-corrected chi connectivity index (χ3v) is 4.91. The molecule has 0 fully saturated rings. The highest BCUT2D eigenvalue weighted by atomic mass is 35.5. The number of imidazole rings is 1. The van der Waals surface area contributed by atoms with Gasteiger partial charge in [0.1, 0.15) is 18.0 Å². The van der Waals surface area contributed by atoms with Gasteiger partial charge in [-0.15, -0.1) is 0 Å². The third kappa shape index (κ3) is 5.65. The number of halogens is 1. The van der Waals surface area contributed by atoms with E-state index < -0.39 is 0 Å². The number of ether oxygens (including phenoxy) is 1. The molecule has 8 heteroatoms. The minimum absolute atomic E-state index is 0.145. The van der Waals surface area contributed by atoms with E-state index in [0.29, 0.717) is 28.6 Å². The van der Waals surface area contributed by atoms with Gasteiger partial charge < -0.3 is 19.8 Å². The maximum atomic E-state index is 12.2. The lowest BCUT2D eigenvalue weighted by atomic mass is 10.2. The Morgan fingerprint density at radius 2 is 1.88 bits per heavy atom. The lowest BCUT2D eigenvalue weighted by Crippen LogP contribution is -2.27. The summed E-state index contributed by atoms with van der Waals surface area (Å²) in [6, 6.07) is 19.5. The molecule has 4 rings (SSSR count). The van der Waals surface area contributed by atoms with Gasteiger partial charge in [-0.3, -0.25) is 9.59 Å². The number of hydrogen-bond acceptors (Lipinski definition) is 4. The van der Waals surface area contributed by atoms with Gasteiger partial charge in [-0.2, -0.15) is 0 Å². The lowest BCUT2D eigenvalue weighted by molar-refractivity contribution is -0.116. The van der Waals surface area contributed by atoms with Crippen molar-refractivity contribution in [2.24, 2.45) is 0 Å². The summed E-state index contributed by atoms with van der Waals surface area (Å²) >= 11 is 5.82. The summed E-state index contributed by atoms with van der Waals surface area (Å²) in [5.74, 6) is 0.159. The third-order valence-electron chi connectivity index (χ3n) is 4.66. The second-order valence-electron chi connectivity index (χ2n) is 7.08. The van der Waals surface area contributed by atoms with Crippen molar-refractivity contribution in [3.8, 4) is 5.75 Å². The van der Waals surface area contributed by atoms with Crippen LogP contribution >= 0.6 is 11.6 Å². The van der Waals surface area contributed by atoms with Crippen molar-refractivity contribution < 1.29 is 14.3 Å². The van der Waals surface area contributed by atoms with E-state index in [2.05, 4.69) is 15.6 Å². The van der Waals surface area contributed by atoms with Crippen molar-refractivity contribution in [3.63, 3.8) is 0 Å². The highest BCUT2D eigenvalue weighted by Crippen LogP contribution is 2.19. The Kier molecular flexibility index (Phi) is 6.67. The summed E-state index contributed by atoms with van der Waals surface area (Å²) < 4.78 is 7.75. The molecule has 2 heterocycles. The number of anilines is 1. The SMILES string of the molecule is O=C(CCNC(=O)c1ccc(Cl)cc1)Nc1cccc(OCc2cn3ccccc3n2)c1. The summed E-state index contributed by atoms with van der Waals surface area (Å²) in [6.45, 7) is 0.535. The first-order valence-corrected chi connectivity index (χ1v) is 10.4. The predicted octanol–water partition coefficient (Wildman–Crippen LogP) is 4.33. The molecule has 2 amide bonds. The molecule has 0 unspecified atom stereocenters. The summed E-state index contributed by atoms with van der Waals surface area (Å²) in [6.07, 6.45) is 3.99. The van der Waals surface area contributed by atoms with Crippen LogP contribution in [0.2, 0.25) is 5.02 Å². The number of carbonyl (C=O) groups excluding carboxylic acids is 2. The van der Waals surface area contributed by atoms with E-state index in [1.165, 1.54) is 0 Å². The van der Waals surface area contributed by atoms with Crippen molar-refractivity contribution in [1.82, 2.24) is 14.7 Å². The van der Waals surface area contributed by atoms with E-state index in [0.717, 1.165) is 11.3 Å². The van der Waals surface area contributed by atoms with Crippen LogP contribution in [0.3, 0.4) is 0 Å². The standard InChI is InChI=1S/C24H21ClN4O3/c25-18-9-7-17(8-10-18)24(31)26-12-11-23(30)28-19-4-3-5-21(14-19)32-16-20-15-29-13-2-1-6-22(29)27-20/h1-10,13-15H,11-12,16H2,(H,26,31)(H,28,30). The first-order valence-electron chi connectivity index (χ1n) is 10.1. The number of aromatic nitrogens is 2. The number of carbonyl (C=O) groups is 2. The lowest BCUT2D eigenvalue weighted by Gasteiger charge is -2.09. The molecule has 0 aliphatic rings. The molecule has 0 saturated carbocycles. The van der Waals surface area contributed by atoms with Gasteiger partial charge >= 0.3 is 0 Å². The van der Waals surface area contributed by atoms with Crippen molar-refractivity contribution in [3.05, 3.63) is 95.4 Å². The molecule has 2 aromatic heterocycles. The number of hydrogen-bond donors (Lipinski definition) is 2. The minimum Gasteiger partial charge on any atom is -0.487 e. The smallest absolute Gasteiger partial charge is 0.251 e. The van der Waals surface area contributed by atoms with Crippen molar-refractivity contribution in [1.29, 1.82) is 0 Å². The molecular formula is C24H21ClN4O3. The Morgan fingerprint density at radius 1 is 1.03 bits per heavy atom. The van der Waals surface area contributed by atoms with Crippen LogP contribution in [0.25, 0.3) is 5.65 Å². The number of rotatable bonds is 8. The largest absolute Gasteiger partial charge is 0.487 e. The van der Waals surface area contributed by atoms with Crippen LogP contribution in [0.5, 0.6) is 5.75 Å². The molecule has 32 heavy (non-hydrogen) atoms. The molecule has 0 radical (unpaired) electrons. The van der Waals surface area contributed by atoms with E-state index in [1.807, 2.05) is 41.1 Å². The maximum absolute atomic E-state index is 12.2. The van der Waals surface area contributed by atoms with E-state index >= 15 is 0 Å². The predicted molar refractivity (Wildman–Crippen MR) is 123 cm³/mol. The quantitative estimate of drug-likeness (QED) is 0.420. The summed E-state index contributed by atoms with van der Waals surface area (Å²) in [7, 11) is 0. The molecule has 0 spiro atoms. The van der Waals surface area contributed by atoms with Crippen molar-refractivity contribution in [2.45, 2.75) is 13.0 Å². The average molecular weight is 449 g/mol. The first-order chi connectivity index (χ1) is 15.6. The van der Waals surface area contributed by atoms with Gasteiger partial charge in [-0.1, -0.05) is 23.7 Å². The molecule has 0 aliphatic heterocycles. The zero-order chi connectivity index (χ0) is 22.3. The number of fused-ring (bicyclic) bond motifs is 1. The normalized spacial score (nSPS) is 10.7. The highest BCUT2D eigenvalue weighted by molar-refractivity contribution is 6.30. The molecule has 2 aromatic carbocycles. The zero-order valence-corrected chi connectivity index (χ0v) is 17.9. The molecule has 0 atom stereocenters. The number of amides is 2. The Hall–Kier alpha value is -3.84. The van der Waals surface area contributed by atoms with Crippen LogP contribution in [0.1, 0.15) is 22.5 Å². The number of nitrogens with zero attached hydrogens (tertiary/aromatic N) is 2. The van der Waals surface area contributed by atoms with Gasteiger partial charge in [0.15, 0.2) is 0 Å². The van der Waals surface area contributed by atoms with Gasteiger partial charge in [0.2, 0.25) is 5.91 Å². The Bertz CT molecular complexity index is 1200. The molecule has 7 nitrogen and oxygen atoms in total. The van der Waals surface area contributed by atoms with Crippen LogP contribution in [-0.2, 0) is 11.4 Å². The minimum atomic E-state index is -0.253. The van der Waals surface area contributed by atoms with Crippen LogP contribution in [0.4, 0.5) is 5.69 Å². The molecule has 0 aliphatic carbocycles. The fraction of sp³-hybridized carbons (Fsp3) is 0.125. The topological polar surface area (TPSA) is 84.7 Å². The zero-order valence-electron chi connectivity index (χ0n) is 17.1. The van der Waals surface area contributed by atoms with E-state index in [-0.39, 0.29) is 24.8 Å². The van der Waals surface area contributed by atoms with Gasteiger partial charge in [0, 0.05) is 47.7 Å². The second kappa shape index (κ2) is 9.98. The van der Waals surface area contributed by atoms with Crippen molar-refractivity contribution in [2.75, 3.05) is 11.9 Å². The first kappa shape index (κ1) is 21.4. The van der Waals surface area contributed by atoms with Crippen LogP contribution < -0.4 is 15.4 Å². The van der Waals surface area contributed by atoms with Gasteiger partial charge in [-0.05, 0) is 48.5 Å². The Morgan fingerprint density at radius 3 is 2.69 bits per heavy atom. The molecular weight excluding hydrogens is 428 g/mol. The van der Waals surface area contributed by atoms with Gasteiger partial charge in [0.25, 0.3) is 5.91 Å². The maximum Gasteiger partial charge on any atom is 0.251 e. The second-order valence-corrected chi connectivity index (χ2v) is 7.51. The summed E-state index contributed by atoms with van der Waals surface area (Å²) in [4.78, 5) is 28.8. The van der Waals surface area contributed by atoms with Crippen LogP contribution in [-0.4, -0.2) is 27.7 Å². The summed E-state index contributed by atoms with van der Waals surface area (Å²) in [5.41, 5.74) is 2.77. The molecule has 162 valence electrons. The van der Waals surface area contributed by atoms with E-state index in [1.54, 1.807) is 42.5 Å². The monoisotopic (exact) mass is 448 g/mol. The van der Waals surface area contributed by atoms with Gasteiger partial charge in [0.05, 0.1) is 5.69 Å². The molecule has 0 saturated heterocycles. The van der Waals surface area contributed by atoms with Crippen LogP contribution in [0, 0.1) is 0 Å². The fourth-order valence-corrected chi connectivity index (χ4v) is 3.22. The van der Waals surface area contributed by atoms with E-state index in [9.17, 15) is 9.59 Å². The average Bonchev–Trinajstić information content (AvgIpc) is 3.21. The van der Waals surface area contributed by atoms with E-state index in [4.69, 9.17) is 16.3 Å². The Labute approximate surface area is 190 Å². The van der Waals surface area contributed by atoms with Crippen LogP contribution in [0.15, 0.2) is 79.1 Å². The molecule has 2 N–H and O–H groups in total. The molecule has 4 aromatic rings. The van der Waals surface area contributed by atoms with Crippen molar-refractivity contribution >= 4 is 34.7 Å². The molecule has 0 bridgehead atoms. The Balaban J connectivity index is 1.25. The fourth-order valence-electron chi connectivity index (χ4n) is 3.09.